The molecule has 0 spiro atoms. The Balaban J connectivity index is 2.22. The van der Waals surface area contributed by atoms with Crippen LogP contribution in [0.4, 0.5) is 0 Å². The average molecular weight is 191 g/mol. The molecule has 1 nitrogen and oxygen atoms in total. The van der Waals surface area contributed by atoms with Crippen molar-refractivity contribution in [1.29, 1.82) is 0 Å². The van der Waals surface area contributed by atoms with Crippen molar-refractivity contribution in [2.75, 3.05) is 6.54 Å². The largest absolute Gasteiger partial charge is 0.297 e. The third-order valence-electron chi connectivity index (χ3n) is 2.83. The number of unbranched alkanes of at least 4 members (excludes halogenated alkanes) is 1. The normalized spacial score (nSPS) is 26.9. The topological polar surface area (TPSA) is 12.4 Å². The van der Waals surface area contributed by atoms with Crippen LogP contribution < -0.4 is 0 Å². The highest BCUT2D eigenvalue weighted by Crippen LogP contribution is 2.30. The van der Waals surface area contributed by atoms with Gasteiger partial charge in [0.1, 0.15) is 0 Å². The fraction of sp³-hybridized carbons (Fsp3) is 0.615. The minimum atomic E-state index is 0.375. The molecule has 0 aromatic heterocycles. The van der Waals surface area contributed by atoms with E-state index in [9.17, 15) is 0 Å². The van der Waals surface area contributed by atoms with Crippen molar-refractivity contribution in [3.05, 3.63) is 24.8 Å². The molecule has 1 atom stereocenters. The molecule has 0 aromatic carbocycles. The van der Waals surface area contributed by atoms with Crippen molar-refractivity contribution >= 4 is 6.21 Å². The third-order valence-corrected chi connectivity index (χ3v) is 2.83. The van der Waals surface area contributed by atoms with Crippen molar-refractivity contribution in [1.82, 2.24) is 0 Å². The minimum Gasteiger partial charge on any atom is -0.297 e. The molecule has 0 aromatic rings. The highest BCUT2D eigenvalue weighted by Gasteiger charge is 2.22. The van der Waals surface area contributed by atoms with Crippen LogP contribution >= 0.6 is 0 Å². The zero-order valence-electron chi connectivity index (χ0n) is 9.21. The van der Waals surface area contributed by atoms with E-state index in [2.05, 4.69) is 30.8 Å². The van der Waals surface area contributed by atoms with Crippen LogP contribution in [0.1, 0.15) is 39.0 Å². The number of rotatable bonds is 5. The van der Waals surface area contributed by atoms with Crippen LogP contribution in [0.25, 0.3) is 0 Å². The second-order valence-corrected chi connectivity index (χ2v) is 4.35. The van der Waals surface area contributed by atoms with Crippen LogP contribution in [0.15, 0.2) is 29.8 Å². The Morgan fingerprint density at radius 3 is 3.07 bits per heavy atom. The highest BCUT2D eigenvalue weighted by atomic mass is 14.7. The van der Waals surface area contributed by atoms with Crippen LogP contribution in [0.2, 0.25) is 0 Å². The quantitative estimate of drug-likeness (QED) is 0.463. The van der Waals surface area contributed by atoms with Crippen LogP contribution in [0.5, 0.6) is 0 Å². The van der Waals surface area contributed by atoms with E-state index in [1.807, 2.05) is 12.2 Å². The minimum absolute atomic E-state index is 0.375. The molecule has 0 radical (unpaired) electrons. The summed E-state index contributed by atoms with van der Waals surface area (Å²) in [5.74, 6) is 0. The van der Waals surface area contributed by atoms with Gasteiger partial charge in [-0.25, -0.2) is 0 Å². The van der Waals surface area contributed by atoms with Gasteiger partial charge in [0.15, 0.2) is 0 Å². The second kappa shape index (κ2) is 5.79. The lowest BCUT2D eigenvalue weighted by Crippen LogP contribution is -2.21. The first kappa shape index (κ1) is 11.2. The Hall–Kier alpha value is -0.850. The molecule has 1 aliphatic heterocycles. The Labute approximate surface area is 87.6 Å². The first-order valence-corrected chi connectivity index (χ1v) is 5.55. The predicted molar refractivity (Wildman–Crippen MR) is 63.9 cm³/mol. The van der Waals surface area contributed by atoms with Crippen molar-refractivity contribution in [2.45, 2.75) is 39.0 Å². The van der Waals surface area contributed by atoms with Crippen molar-refractivity contribution in [3.63, 3.8) is 0 Å². The molecule has 0 saturated heterocycles. The van der Waals surface area contributed by atoms with Gasteiger partial charge in [-0.2, -0.15) is 0 Å². The molecule has 0 N–H and O–H groups in total. The summed E-state index contributed by atoms with van der Waals surface area (Å²) in [6, 6.07) is 0. The average Bonchev–Trinajstić information content (AvgIpc) is 2.18. The van der Waals surface area contributed by atoms with E-state index >= 15 is 0 Å². The molecular weight excluding hydrogens is 170 g/mol. The first-order chi connectivity index (χ1) is 6.77. The number of aliphatic imine (C=N–C) groups is 1. The molecule has 1 aliphatic rings. The molecule has 1 heterocycles. The summed E-state index contributed by atoms with van der Waals surface area (Å²) < 4.78 is 0. The fourth-order valence-corrected chi connectivity index (χ4v) is 1.93. The Morgan fingerprint density at radius 1 is 1.57 bits per heavy atom. The molecule has 14 heavy (non-hydrogen) atoms. The Bertz CT molecular complexity index is 227. The van der Waals surface area contributed by atoms with Gasteiger partial charge in [-0.3, -0.25) is 4.99 Å². The standard InChI is InChI=1S/C13H21N/c1-3-4-5-6-7-9-13(2)10-8-11-14-12-13/h3-5,12H,1,6-11H2,2H3/b5-4+. The molecule has 1 unspecified atom stereocenters. The summed E-state index contributed by atoms with van der Waals surface area (Å²) >= 11 is 0. The Kier molecular flexibility index (Phi) is 4.64. The molecule has 78 valence electrons. The van der Waals surface area contributed by atoms with Gasteiger partial charge in [0.05, 0.1) is 0 Å². The van der Waals surface area contributed by atoms with Crippen molar-refractivity contribution in [3.8, 4) is 0 Å². The number of nitrogens with zero attached hydrogens (tertiary/aromatic N) is 1. The number of allylic oxidation sites excluding steroid dienone is 3. The van der Waals surface area contributed by atoms with Crippen LogP contribution in [0, 0.1) is 5.41 Å². The summed E-state index contributed by atoms with van der Waals surface area (Å²) in [5.41, 5.74) is 0.375. The molecular formula is C13H21N. The van der Waals surface area contributed by atoms with Gasteiger partial charge in [-0.05, 0) is 32.1 Å². The van der Waals surface area contributed by atoms with Crippen LogP contribution in [0.3, 0.4) is 0 Å². The molecule has 1 rings (SSSR count). The van der Waals surface area contributed by atoms with Gasteiger partial charge >= 0.3 is 0 Å². The lowest BCUT2D eigenvalue weighted by molar-refractivity contribution is 0.370. The lowest BCUT2D eigenvalue weighted by Gasteiger charge is -2.27. The van der Waals surface area contributed by atoms with Crippen LogP contribution in [-0.4, -0.2) is 12.8 Å². The van der Waals surface area contributed by atoms with E-state index in [0.29, 0.717) is 5.41 Å². The number of hydrogen-bond donors (Lipinski definition) is 0. The summed E-state index contributed by atoms with van der Waals surface area (Å²) in [4.78, 5) is 4.39. The summed E-state index contributed by atoms with van der Waals surface area (Å²) in [7, 11) is 0. The van der Waals surface area contributed by atoms with Gasteiger partial charge in [0, 0.05) is 18.2 Å². The lowest BCUT2D eigenvalue weighted by atomic mass is 9.80. The molecule has 0 bridgehead atoms. The maximum atomic E-state index is 4.39. The summed E-state index contributed by atoms with van der Waals surface area (Å²) in [6.45, 7) is 7.01. The predicted octanol–water partition coefficient (Wildman–Crippen LogP) is 3.77. The SMILES string of the molecule is C=C/C=C/CCCC1(C)C=NCCC1. The molecule has 0 amide bonds. The zero-order valence-corrected chi connectivity index (χ0v) is 9.21. The van der Waals surface area contributed by atoms with E-state index in [-0.39, 0.29) is 0 Å². The van der Waals surface area contributed by atoms with E-state index in [1.165, 1.54) is 25.7 Å². The van der Waals surface area contributed by atoms with Gasteiger partial charge < -0.3 is 0 Å². The van der Waals surface area contributed by atoms with Gasteiger partial charge in [0.2, 0.25) is 0 Å². The molecule has 1 heteroatoms. The van der Waals surface area contributed by atoms with Crippen molar-refractivity contribution in [2.24, 2.45) is 10.4 Å². The third kappa shape index (κ3) is 3.91. The number of hydrogen-bond acceptors (Lipinski definition) is 1. The maximum absolute atomic E-state index is 4.39. The fourth-order valence-electron chi connectivity index (χ4n) is 1.93. The van der Waals surface area contributed by atoms with E-state index in [0.717, 1.165) is 13.0 Å². The summed E-state index contributed by atoms with van der Waals surface area (Å²) in [6.07, 6.45) is 14.5. The second-order valence-electron chi connectivity index (χ2n) is 4.35. The van der Waals surface area contributed by atoms with Gasteiger partial charge in [0.25, 0.3) is 0 Å². The smallest absolute Gasteiger partial charge is 0.0385 e. The Morgan fingerprint density at radius 2 is 2.43 bits per heavy atom. The van der Waals surface area contributed by atoms with Crippen LogP contribution in [-0.2, 0) is 0 Å². The van der Waals surface area contributed by atoms with Gasteiger partial charge in [-0.1, -0.05) is 31.7 Å². The zero-order chi connectivity index (χ0) is 10.3. The molecule has 0 aliphatic carbocycles. The monoisotopic (exact) mass is 191 g/mol. The maximum Gasteiger partial charge on any atom is 0.0385 e. The van der Waals surface area contributed by atoms with Crippen molar-refractivity contribution < 1.29 is 0 Å². The first-order valence-electron chi connectivity index (χ1n) is 5.55. The highest BCUT2D eigenvalue weighted by molar-refractivity contribution is 5.65. The van der Waals surface area contributed by atoms with E-state index in [4.69, 9.17) is 0 Å². The van der Waals surface area contributed by atoms with E-state index < -0.39 is 0 Å². The van der Waals surface area contributed by atoms with Gasteiger partial charge in [-0.15, -0.1) is 0 Å². The molecule has 0 saturated carbocycles. The van der Waals surface area contributed by atoms with E-state index in [1.54, 1.807) is 0 Å². The summed E-state index contributed by atoms with van der Waals surface area (Å²) in [5, 5.41) is 0. The molecule has 0 fully saturated rings.